The fourth-order valence-electron chi connectivity index (χ4n) is 1.38. The quantitative estimate of drug-likeness (QED) is 0.323. The van der Waals surface area contributed by atoms with E-state index in [1.165, 1.54) is 0 Å². The van der Waals surface area contributed by atoms with Crippen LogP contribution in [0.25, 0.3) is 0 Å². The zero-order chi connectivity index (χ0) is 7.94. The van der Waals surface area contributed by atoms with Gasteiger partial charge in [-0.15, -0.1) is 0 Å². The minimum atomic E-state index is -1.11. The Kier molecular flexibility index (Phi) is 3.92. The van der Waals surface area contributed by atoms with Crippen LogP contribution < -0.4 is 56.5 Å². The molecule has 1 aliphatic rings. The first-order valence-electron chi connectivity index (χ1n) is 3.18. The van der Waals surface area contributed by atoms with Crippen LogP contribution in [0.2, 0.25) is 0 Å². The van der Waals surface area contributed by atoms with E-state index >= 15 is 0 Å². The Hall–Kier alpha value is 0.776. The van der Waals surface area contributed by atoms with E-state index < -0.39 is 11.9 Å². The fraction of sp³-hybridized carbons (Fsp3) is 0.714. The summed E-state index contributed by atoms with van der Waals surface area (Å²) in [7, 11) is 0. The van der Waals surface area contributed by atoms with Crippen molar-refractivity contribution in [2.75, 3.05) is 0 Å². The molecule has 1 aliphatic carbocycles. The molecule has 1 rings (SSSR count). The van der Waals surface area contributed by atoms with Gasteiger partial charge in [-0.05, 0) is 5.41 Å². The molecule has 0 bridgehead atoms. The van der Waals surface area contributed by atoms with Crippen LogP contribution in [-0.2, 0) is 9.59 Å². The SMILES string of the molecule is CC1(C)[C@H](C(=O)[O-])[C@@H]1C=O.[K+]. The molecule has 0 aliphatic heterocycles. The number of carboxylic acids is 1. The van der Waals surface area contributed by atoms with E-state index in [9.17, 15) is 14.7 Å². The fourth-order valence-corrected chi connectivity index (χ4v) is 1.38. The summed E-state index contributed by atoms with van der Waals surface area (Å²) in [6, 6.07) is 0. The van der Waals surface area contributed by atoms with Gasteiger partial charge in [-0.25, -0.2) is 0 Å². The zero-order valence-corrected chi connectivity index (χ0v) is 10.1. The van der Waals surface area contributed by atoms with Crippen molar-refractivity contribution in [2.24, 2.45) is 17.3 Å². The van der Waals surface area contributed by atoms with Crippen molar-refractivity contribution >= 4 is 12.3 Å². The molecule has 11 heavy (non-hydrogen) atoms. The van der Waals surface area contributed by atoms with Gasteiger partial charge in [0.15, 0.2) is 0 Å². The second-order valence-corrected chi connectivity index (χ2v) is 3.28. The first-order valence-corrected chi connectivity index (χ1v) is 3.18. The van der Waals surface area contributed by atoms with E-state index in [4.69, 9.17) is 0 Å². The first kappa shape index (κ1) is 11.8. The van der Waals surface area contributed by atoms with E-state index in [1.807, 2.05) is 0 Å². The molecule has 0 unspecified atom stereocenters. The third kappa shape index (κ3) is 1.92. The Morgan fingerprint density at radius 3 is 2.09 bits per heavy atom. The minimum Gasteiger partial charge on any atom is -0.550 e. The van der Waals surface area contributed by atoms with Crippen LogP contribution >= 0.6 is 0 Å². The molecule has 1 saturated carbocycles. The smallest absolute Gasteiger partial charge is 0.550 e. The maximum Gasteiger partial charge on any atom is 1.00 e. The molecular weight excluding hydrogens is 171 g/mol. The van der Waals surface area contributed by atoms with Crippen LogP contribution in [0, 0.1) is 17.3 Å². The predicted octanol–water partition coefficient (Wildman–Crippen LogP) is -3.79. The van der Waals surface area contributed by atoms with Crippen molar-refractivity contribution in [1.82, 2.24) is 0 Å². The van der Waals surface area contributed by atoms with Gasteiger partial charge in [0, 0.05) is 17.8 Å². The Labute approximate surface area is 108 Å². The average Bonchev–Trinajstić information content (AvgIpc) is 2.33. The number of rotatable bonds is 2. The molecule has 0 aromatic heterocycles. The third-order valence-electron chi connectivity index (χ3n) is 2.31. The van der Waals surface area contributed by atoms with Gasteiger partial charge >= 0.3 is 51.4 Å². The molecule has 4 heteroatoms. The molecule has 56 valence electrons. The van der Waals surface area contributed by atoms with E-state index in [1.54, 1.807) is 13.8 Å². The van der Waals surface area contributed by atoms with Crippen LogP contribution in [0.5, 0.6) is 0 Å². The Bertz CT molecular complexity index is 188. The van der Waals surface area contributed by atoms with Gasteiger partial charge in [0.05, 0.1) is 0 Å². The van der Waals surface area contributed by atoms with Crippen LogP contribution in [0.1, 0.15) is 13.8 Å². The second kappa shape index (κ2) is 3.66. The van der Waals surface area contributed by atoms with Gasteiger partial charge in [0.2, 0.25) is 0 Å². The van der Waals surface area contributed by atoms with Crippen molar-refractivity contribution in [3.05, 3.63) is 0 Å². The van der Waals surface area contributed by atoms with E-state index in [0.29, 0.717) is 6.29 Å². The summed E-state index contributed by atoms with van der Waals surface area (Å²) in [5, 5.41) is 10.3. The van der Waals surface area contributed by atoms with Gasteiger partial charge in [0.25, 0.3) is 0 Å². The molecule has 1 fully saturated rings. The van der Waals surface area contributed by atoms with Gasteiger partial charge in [-0.1, -0.05) is 13.8 Å². The van der Waals surface area contributed by atoms with Crippen molar-refractivity contribution in [3.63, 3.8) is 0 Å². The minimum absolute atomic E-state index is 0. The van der Waals surface area contributed by atoms with Gasteiger partial charge in [-0.2, -0.15) is 0 Å². The van der Waals surface area contributed by atoms with Crippen LogP contribution in [0.4, 0.5) is 0 Å². The Morgan fingerprint density at radius 2 is 2.00 bits per heavy atom. The van der Waals surface area contributed by atoms with Crippen LogP contribution in [0.3, 0.4) is 0 Å². The topological polar surface area (TPSA) is 57.2 Å². The molecule has 2 atom stereocenters. The number of hydrogen-bond acceptors (Lipinski definition) is 3. The van der Waals surface area contributed by atoms with Crippen LogP contribution in [0.15, 0.2) is 0 Å². The summed E-state index contributed by atoms with van der Waals surface area (Å²) in [6.45, 7) is 3.51. The predicted molar refractivity (Wildman–Crippen MR) is 31.8 cm³/mol. The maximum atomic E-state index is 10.3. The number of aliphatic carboxylic acids is 1. The van der Waals surface area contributed by atoms with Gasteiger partial charge in [0.1, 0.15) is 6.29 Å². The molecule has 3 nitrogen and oxygen atoms in total. The summed E-state index contributed by atoms with van der Waals surface area (Å²) in [5.41, 5.74) is -0.374. The van der Waals surface area contributed by atoms with Crippen molar-refractivity contribution in [3.8, 4) is 0 Å². The average molecular weight is 180 g/mol. The monoisotopic (exact) mass is 180 g/mol. The number of carboxylic acid groups (broad SMARTS) is 1. The molecule has 0 N–H and O–H groups in total. The number of carbonyl (C=O) groups excluding carboxylic acids is 2. The Morgan fingerprint density at radius 1 is 1.55 bits per heavy atom. The normalized spacial score (nSPS) is 31.8. The van der Waals surface area contributed by atoms with E-state index in [2.05, 4.69) is 0 Å². The summed E-state index contributed by atoms with van der Waals surface area (Å²) in [4.78, 5) is 20.5. The van der Waals surface area contributed by atoms with Crippen molar-refractivity contribution < 1.29 is 66.1 Å². The molecule has 0 radical (unpaired) electrons. The van der Waals surface area contributed by atoms with E-state index in [0.717, 1.165) is 0 Å². The molecule has 0 aromatic carbocycles. The largest absolute Gasteiger partial charge is 1.00 e. The molecule has 0 aromatic rings. The van der Waals surface area contributed by atoms with Gasteiger partial charge < -0.3 is 14.7 Å². The number of hydrogen-bond donors (Lipinski definition) is 0. The summed E-state index contributed by atoms with van der Waals surface area (Å²) < 4.78 is 0. The summed E-state index contributed by atoms with van der Waals surface area (Å²) in [5.74, 6) is -2.01. The first-order chi connectivity index (χ1) is 4.51. The zero-order valence-electron chi connectivity index (χ0n) is 6.96. The number of aldehydes is 1. The molecule has 0 heterocycles. The maximum absolute atomic E-state index is 10.3. The van der Waals surface area contributed by atoms with Crippen molar-refractivity contribution in [1.29, 1.82) is 0 Å². The number of carbonyl (C=O) groups is 2. The standard InChI is InChI=1S/C7H10O3.K/c1-7(2)4(3-8)5(7)6(9)10;/h3-5H,1-2H3,(H,9,10);/q;+1/p-1/t4-,5-;/m0./s1. The van der Waals surface area contributed by atoms with Crippen LogP contribution in [-0.4, -0.2) is 12.3 Å². The molecule has 0 amide bonds. The summed E-state index contributed by atoms with van der Waals surface area (Å²) in [6.07, 6.45) is 0.695. The third-order valence-corrected chi connectivity index (χ3v) is 2.31. The second-order valence-electron chi connectivity index (χ2n) is 3.28. The molecule has 0 spiro atoms. The summed E-state index contributed by atoms with van der Waals surface area (Å²) >= 11 is 0. The van der Waals surface area contributed by atoms with E-state index in [-0.39, 0.29) is 62.7 Å². The molecular formula is C7H9KO3. The molecule has 0 saturated heterocycles. The van der Waals surface area contributed by atoms with Crippen molar-refractivity contribution in [2.45, 2.75) is 13.8 Å². The van der Waals surface area contributed by atoms with Gasteiger partial charge in [-0.3, -0.25) is 0 Å². The Balaban J connectivity index is 0.000001000.